The van der Waals surface area contributed by atoms with Gasteiger partial charge in [-0.25, -0.2) is 4.79 Å². The Hall–Kier alpha value is -3.22. The van der Waals surface area contributed by atoms with Gasteiger partial charge in [0.05, 0.1) is 21.3 Å². The van der Waals surface area contributed by atoms with Gasteiger partial charge in [0, 0.05) is 6.54 Å². The van der Waals surface area contributed by atoms with Gasteiger partial charge in [0.25, 0.3) is 5.91 Å². The molecule has 0 saturated heterocycles. The zero-order valence-corrected chi connectivity index (χ0v) is 15.8. The van der Waals surface area contributed by atoms with Crippen LogP contribution in [0.5, 0.6) is 17.2 Å². The number of nitrogens with one attached hydrogen (secondary N) is 1. The van der Waals surface area contributed by atoms with Gasteiger partial charge in [-0.2, -0.15) is 0 Å². The molecule has 0 aliphatic carbocycles. The van der Waals surface area contributed by atoms with Crippen LogP contribution in [0.2, 0.25) is 0 Å². The number of benzene rings is 2. The number of amides is 1. The van der Waals surface area contributed by atoms with Crippen LogP contribution in [0.4, 0.5) is 0 Å². The standard InChI is InChI=1S/C20H23NO6/c1-13(19(22)21-12-14-8-6-5-7-9-14)27-20(23)15-10-11-16(24-2)18(26-4)17(15)25-3/h5-11,13H,12H2,1-4H3,(H,21,22)/t13-/m0/s1. The number of rotatable bonds is 8. The maximum atomic E-state index is 12.5. The van der Waals surface area contributed by atoms with E-state index in [1.54, 1.807) is 6.07 Å². The number of methoxy groups -OCH3 is 3. The predicted octanol–water partition coefficient (Wildman–Crippen LogP) is 2.57. The summed E-state index contributed by atoms with van der Waals surface area (Å²) in [6.45, 7) is 1.85. The molecule has 0 saturated carbocycles. The molecular weight excluding hydrogens is 350 g/mol. The molecule has 0 aromatic heterocycles. The lowest BCUT2D eigenvalue weighted by Crippen LogP contribution is -2.35. The minimum absolute atomic E-state index is 0.137. The maximum absolute atomic E-state index is 12.5. The average molecular weight is 373 g/mol. The number of carbonyl (C=O) groups is 2. The summed E-state index contributed by atoms with van der Waals surface area (Å²) in [5.74, 6) is -0.226. The average Bonchev–Trinajstić information content (AvgIpc) is 2.71. The van der Waals surface area contributed by atoms with E-state index < -0.39 is 18.0 Å². The minimum atomic E-state index is -0.973. The van der Waals surface area contributed by atoms with Crippen LogP contribution in [0, 0.1) is 0 Å². The van der Waals surface area contributed by atoms with E-state index in [2.05, 4.69) is 5.32 Å². The number of hydrogen-bond acceptors (Lipinski definition) is 6. The van der Waals surface area contributed by atoms with Crippen LogP contribution in [0.1, 0.15) is 22.8 Å². The second-order valence-electron chi connectivity index (χ2n) is 5.63. The van der Waals surface area contributed by atoms with Gasteiger partial charge in [0.1, 0.15) is 5.56 Å². The summed E-state index contributed by atoms with van der Waals surface area (Å²) >= 11 is 0. The van der Waals surface area contributed by atoms with Crippen LogP contribution in [0.3, 0.4) is 0 Å². The SMILES string of the molecule is COc1ccc(C(=O)O[C@@H](C)C(=O)NCc2ccccc2)c(OC)c1OC. The Morgan fingerprint density at radius 3 is 2.19 bits per heavy atom. The first-order valence-electron chi connectivity index (χ1n) is 8.33. The van der Waals surface area contributed by atoms with E-state index >= 15 is 0 Å². The second kappa shape index (κ2) is 9.47. The fraction of sp³-hybridized carbons (Fsp3) is 0.300. The normalized spacial score (nSPS) is 11.3. The van der Waals surface area contributed by atoms with Crippen LogP contribution < -0.4 is 19.5 Å². The third-order valence-corrected chi connectivity index (χ3v) is 3.89. The largest absolute Gasteiger partial charge is 0.493 e. The fourth-order valence-electron chi connectivity index (χ4n) is 2.47. The minimum Gasteiger partial charge on any atom is -0.493 e. The van der Waals surface area contributed by atoms with Crippen LogP contribution in [-0.2, 0) is 16.1 Å². The van der Waals surface area contributed by atoms with Gasteiger partial charge in [-0.1, -0.05) is 30.3 Å². The summed E-state index contributed by atoms with van der Waals surface area (Å²) in [6, 6.07) is 12.5. The number of carbonyl (C=O) groups excluding carboxylic acids is 2. The molecule has 1 atom stereocenters. The van der Waals surface area contributed by atoms with Crippen LogP contribution >= 0.6 is 0 Å². The van der Waals surface area contributed by atoms with Crippen LogP contribution in [-0.4, -0.2) is 39.3 Å². The molecule has 0 unspecified atom stereocenters. The van der Waals surface area contributed by atoms with Gasteiger partial charge < -0.3 is 24.3 Å². The van der Waals surface area contributed by atoms with Crippen molar-refractivity contribution in [2.45, 2.75) is 19.6 Å². The van der Waals surface area contributed by atoms with Crippen molar-refractivity contribution in [3.05, 3.63) is 53.6 Å². The lowest BCUT2D eigenvalue weighted by molar-refractivity contribution is -0.129. The summed E-state index contributed by atoms with van der Waals surface area (Å²) in [5, 5.41) is 2.73. The fourth-order valence-corrected chi connectivity index (χ4v) is 2.47. The van der Waals surface area contributed by atoms with E-state index in [0.29, 0.717) is 12.3 Å². The lowest BCUT2D eigenvalue weighted by atomic mass is 10.1. The molecule has 7 nitrogen and oxygen atoms in total. The second-order valence-corrected chi connectivity index (χ2v) is 5.63. The van der Waals surface area contributed by atoms with Crippen molar-refractivity contribution in [1.82, 2.24) is 5.32 Å². The molecule has 2 rings (SSSR count). The van der Waals surface area contributed by atoms with Gasteiger partial charge >= 0.3 is 5.97 Å². The number of hydrogen-bond donors (Lipinski definition) is 1. The Morgan fingerprint density at radius 1 is 0.926 bits per heavy atom. The van der Waals surface area contributed by atoms with Gasteiger partial charge in [-0.15, -0.1) is 0 Å². The van der Waals surface area contributed by atoms with E-state index in [0.717, 1.165) is 5.56 Å². The van der Waals surface area contributed by atoms with Crippen molar-refractivity contribution in [1.29, 1.82) is 0 Å². The number of esters is 1. The summed E-state index contributed by atoms with van der Waals surface area (Å²) in [4.78, 5) is 24.7. The quantitative estimate of drug-likeness (QED) is 0.716. The first-order chi connectivity index (χ1) is 13.0. The van der Waals surface area contributed by atoms with Crippen molar-refractivity contribution in [3.63, 3.8) is 0 Å². The summed E-state index contributed by atoms with van der Waals surface area (Å²) in [5.41, 5.74) is 1.09. The molecule has 0 aliphatic heterocycles. The molecule has 0 spiro atoms. The van der Waals surface area contributed by atoms with Gasteiger partial charge in [0.15, 0.2) is 17.6 Å². The molecular formula is C20H23NO6. The van der Waals surface area contributed by atoms with E-state index in [1.165, 1.54) is 34.3 Å². The van der Waals surface area contributed by atoms with Gasteiger partial charge in [-0.3, -0.25) is 4.79 Å². The molecule has 1 amide bonds. The third kappa shape index (κ3) is 4.91. The molecule has 0 radical (unpaired) electrons. The molecule has 0 aliphatic rings. The first-order valence-corrected chi connectivity index (χ1v) is 8.33. The molecule has 2 aromatic rings. The molecule has 1 N–H and O–H groups in total. The zero-order valence-electron chi connectivity index (χ0n) is 15.8. The first kappa shape index (κ1) is 20.1. The van der Waals surface area contributed by atoms with Crippen molar-refractivity contribution < 1.29 is 28.5 Å². The van der Waals surface area contributed by atoms with Crippen molar-refractivity contribution in [3.8, 4) is 17.2 Å². The highest BCUT2D eigenvalue weighted by molar-refractivity contribution is 5.96. The molecule has 27 heavy (non-hydrogen) atoms. The van der Waals surface area contributed by atoms with E-state index in [1.807, 2.05) is 30.3 Å². The van der Waals surface area contributed by atoms with Crippen molar-refractivity contribution in [2.75, 3.05) is 21.3 Å². The van der Waals surface area contributed by atoms with Crippen LogP contribution in [0.25, 0.3) is 0 Å². The molecule has 7 heteroatoms. The summed E-state index contributed by atoms with van der Waals surface area (Å²) < 4.78 is 21.0. The van der Waals surface area contributed by atoms with Crippen LogP contribution in [0.15, 0.2) is 42.5 Å². The summed E-state index contributed by atoms with van der Waals surface area (Å²) in [6.07, 6.45) is -0.973. The number of ether oxygens (including phenoxy) is 4. The molecule has 2 aromatic carbocycles. The zero-order chi connectivity index (χ0) is 19.8. The highest BCUT2D eigenvalue weighted by Crippen LogP contribution is 2.40. The third-order valence-electron chi connectivity index (χ3n) is 3.89. The summed E-state index contributed by atoms with van der Waals surface area (Å²) in [7, 11) is 4.33. The Kier molecular flexibility index (Phi) is 7.05. The monoisotopic (exact) mass is 373 g/mol. The van der Waals surface area contributed by atoms with Gasteiger partial charge in [-0.05, 0) is 24.6 Å². The Balaban J connectivity index is 2.06. The topological polar surface area (TPSA) is 83.1 Å². The van der Waals surface area contributed by atoms with E-state index in [-0.39, 0.29) is 17.1 Å². The maximum Gasteiger partial charge on any atom is 0.342 e. The van der Waals surface area contributed by atoms with Gasteiger partial charge in [0.2, 0.25) is 5.75 Å². The Morgan fingerprint density at radius 2 is 1.59 bits per heavy atom. The molecule has 0 bridgehead atoms. The highest BCUT2D eigenvalue weighted by atomic mass is 16.6. The predicted molar refractivity (Wildman–Crippen MR) is 99.3 cm³/mol. The van der Waals surface area contributed by atoms with Crippen molar-refractivity contribution in [2.24, 2.45) is 0 Å². The lowest BCUT2D eigenvalue weighted by Gasteiger charge is -2.17. The Labute approximate surface area is 158 Å². The molecule has 0 heterocycles. The van der Waals surface area contributed by atoms with E-state index in [9.17, 15) is 9.59 Å². The highest BCUT2D eigenvalue weighted by Gasteiger charge is 2.25. The smallest absolute Gasteiger partial charge is 0.342 e. The van der Waals surface area contributed by atoms with E-state index in [4.69, 9.17) is 18.9 Å². The molecule has 0 fully saturated rings. The Bertz CT molecular complexity index is 791. The van der Waals surface area contributed by atoms with Crippen molar-refractivity contribution >= 4 is 11.9 Å². The molecule has 144 valence electrons.